The lowest BCUT2D eigenvalue weighted by Crippen LogP contribution is -2.21. The van der Waals surface area contributed by atoms with Crippen molar-refractivity contribution in [2.75, 3.05) is 20.2 Å². The van der Waals surface area contributed by atoms with Gasteiger partial charge in [0, 0.05) is 18.7 Å². The van der Waals surface area contributed by atoms with Crippen molar-refractivity contribution in [1.82, 2.24) is 4.90 Å². The van der Waals surface area contributed by atoms with Gasteiger partial charge < -0.3 is 9.64 Å². The van der Waals surface area contributed by atoms with Gasteiger partial charge >= 0.3 is 0 Å². The zero-order chi connectivity index (χ0) is 14.6. The number of halogens is 2. The molecule has 6 heteroatoms. The van der Waals surface area contributed by atoms with Gasteiger partial charge in [-0.05, 0) is 26.1 Å². The summed E-state index contributed by atoms with van der Waals surface area (Å²) >= 11 is 11.6. The number of hydrogen-bond acceptors (Lipinski definition) is 4. The third-order valence-electron chi connectivity index (χ3n) is 2.75. The lowest BCUT2D eigenvalue weighted by Gasteiger charge is -2.17. The number of rotatable bonds is 5. The van der Waals surface area contributed by atoms with E-state index in [1.54, 1.807) is 6.20 Å². The Kier molecular flexibility index (Phi) is 5.63. The summed E-state index contributed by atoms with van der Waals surface area (Å²) in [6.07, 6.45) is 3.23. The zero-order valence-corrected chi connectivity index (χ0v) is 12.5. The summed E-state index contributed by atoms with van der Waals surface area (Å²) in [4.78, 5) is 25.8. The molecule has 0 saturated carbocycles. The number of carbonyl (C=O) groups is 2. The van der Waals surface area contributed by atoms with Gasteiger partial charge in [-0.1, -0.05) is 23.2 Å². The van der Waals surface area contributed by atoms with E-state index in [0.29, 0.717) is 0 Å². The van der Waals surface area contributed by atoms with Gasteiger partial charge in [0.1, 0.15) is 10.1 Å². The molecule has 0 N–H and O–H groups in total. The van der Waals surface area contributed by atoms with E-state index >= 15 is 0 Å². The number of methoxy groups -OCH3 is 1. The average molecular weight is 304 g/mol. The maximum atomic E-state index is 12.1. The second-order valence-corrected chi connectivity index (χ2v) is 4.53. The lowest BCUT2D eigenvalue weighted by atomic mass is 10.0. The Labute approximate surface area is 122 Å². The van der Waals surface area contributed by atoms with Crippen LogP contribution in [0.25, 0.3) is 0 Å². The van der Waals surface area contributed by atoms with Crippen LogP contribution >= 0.6 is 23.2 Å². The minimum Gasteiger partial charge on any atom is -0.491 e. The highest BCUT2D eigenvalue weighted by Gasteiger charge is 2.32. The molecule has 1 aliphatic carbocycles. The minimum atomic E-state index is -0.598. The van der Waals surface area contributed by atoms with Gasteiger partial charge in [-0.3, -0.25) is 9.59 Å². The summed E-state index contributed by atoms with van der Waals surface area (Å²) in [5.41, 5.74) is 0.0971. The molecule has 0 aromatic carbocycles. The predicted molar refractivity (Wildman–Crippen MR) is 74.8 cm³/mol. The number of ether oxygens (including phenoxy) is 1. The van der Waals surface area contributed by atoms with Crippen LogP contribution in [0.3, 0.4) is 0 Å². The van der Waals surface area contributed by atoms with Gasteiger partial charge in [0.05, 0.1) is 7.11 Å². The van der Waals surface area contributed by atoms with Crippen molar-refractivity contribution >= 4 is 34.8 Å². The first-order valence-electron chi connectivity index (χ1n) is 5.83. The Bertz CT molecular complexity index is 488. The maximum Gasteiger partial charge on any atom is 0.230 e. The van der Waals surface area contributed by atoms with Gasteiger partial charge in [0.25, 0.3) is 0 Å². The summed E-state index contributed by atoms with van der Waals surface area (Å²) in [5, 5.41) is -0.461. The highest BCUT2D eigenvalue weighted by molar-refractivity contribution is 6.58. The van der Waals surface area contributed by atoms with E-state index in [0.717, 1.165) is 13.1 Å². The molecule has 0 unspecified atom stereocenters. The maximum absolute atomic E-state index is 12.1. The van der Waals surface area contributed by atoms with Crippen molar-refractivity contribution in [3.05, 3.63) is 33.7 Å². The lowest BCUT2D eigenvalue weighted by molar-refractivity contribution is -0.117. The van der Waals surface area contributed by atoms with E-state index in [1.807, 2.05) is 18.7 Å². The Morgan fingerprint density at radius 1 is 1.11 bits per heavy atom. The molecule has 4 nitrogen and oxygen atoms in total. The Morgan fingerprint density at radius 3 is 2.16 bits per heavy atom. The fourth-order valence-corrected chi connectivity index (χ4v) is 2.14. The minimum absolute atomic E-state index is 0.0971. The molecule has 19 heavy (non-hydrogen) atoms. The standard InChI is InChI=1S/C13H15Cl2NO3/c1-4-16(5-2)7-6-8-9(14)12(18)10(15)13(19-3)11(8)17/h6-7H,4-5H2,1-3H3. The highest BCUT2D eigenvalue weighted by Crippen LogP contribution is 2.30. The number of Topliss-reactive ketones (excluding diaryl/α,β-unsaturated/α-hetero) is 2. The zero-order valence-electron chi connectivity index (χ0n) is 11.0. The Hall–Kier alpha value is -1.26. The van der Waals surface area contributed by atoms with E-state index in [2.05, 4.69) is 0 Å². The molecular formula is C13H15Cl2NO3. The van der Waals surface area contributed by atoms with Crippen molar-refractivity contribution in [2.45, 2.75) is 13.8 Å². The third kappa shape index (κ3) is 3.19. The highest BCUT2D eigenvalue weighted by atomic mass is 35.5. The van der Waals surface area contributed by atoms with Crippen LogP contribution in [-0.4, -0.2) is 36.7 Å². The molecule has 1 aliphatic rings. The van der Waals surface area contributed by atoms with Crippen LogP contribution in [0.1, 0.15) is 13.8 Å². The largest absolute Gasteiger partial charge is 0.491 e. The van der Waals surface area contributed by atoms with Crippen LogP contribution in [0.15, 0.2) is 33.7 Å². The molecule has 0 amide bonds. The second-order valence-electron chi connectivity index (χ2n) is 3.77. The molecule has 104 valence electrons. The first kappa shape index (κ1) is 15.8. The van der Waals surface area contributed by atoms with Crippen LogP contribution in [0.2, 0.25) is 0 Å². The molecule has 0 fully saturated rings. The average Bonchev–Trinajstić information content (AvgIpc) is 2.41. The van der Waals surface area contributed by atoms with Crippen LogP contribution in [0, 0.1) is 0 Å². The summed E-state index contributed by atoms with van der Waals surface area (Å²) in [6.45, 7) is 5.53. The third-order valence-corrected chi connectivity index (χ3v) is 3.47. The van der Waals surface area contributed by atoms with E-state index in [1.165, 1.54) is 13.2 Å². The first-order valence-corrected chi connectivity index (χ1v) is 6.58. The fourth-order valence-electron chi connectivity index (χ4n) is 1.59. The van der Waals surface area contributed by atoms with Crippen molar-refractivity contribution in [2.24, 2.45) is 0 Å². The van der Waals surface area contributed by atoms with E-state index in [9.17, 15) is 9.59 Å². The van der Waals surface area contributed by atoms with Gasteiger partial charge in [-0.15, -0.1) is 0 Å². The molecule has 0 aromatic rings. The van der Waals surface area contributed by atoms with Crippen molar-refractivity contribution in [1.29, 1.82) is 0 Å². The first-order chi connectivity index (χ1) is 8.97. The monoisotopic (exact) mass is 303 g/mol. The van der Waals surface area contributed by atoms with Crippen LogP contribution in [-0.2, 0) is 14.3 Å². The molecule has 0 atom stereocenters. The smallest absolute Gasteiger partial charge is 0.230 e. The van der Waals surface area contributed by atoms with Crippen molar-refractivity contribution in [3.8, 4) is 0 Å². The molecule has 0 heterocycles. The summed E-state index contributed by atoms with van der Waals surface area (Å²) in [5.74, 6) is -1.25. The summed E-state index contributed by atoms with van der Waals surface area (Å²) in [7, 11) is 1.29. The molecule has 0 bridgehead atoms. The summed E-state index contributed by atoms with van der Waals surface area (Å²) in [6, 6.07) is 0. The fraction of sp³-hybridized carbons (Fsp3) is 0.385. The molecular weight excluding hydrogens is 289 g/mol. The van der Waals surface area contributed by atoms with E-state index in [-0.39, 0.29) is 21.4 Å². The molecule has 0 saturated heterocycles. The van der Waals surface area contributed by atoms with Crippen molar-refractivity contribution in [3.63, 3.8) is 0 Å². The number of carbonyl (C=O) groups excluding carboxylic acids is 2. The molecule has 0 aromatic heterocycles. The topological polar surface area (TPSA) is 46.6 Å². The van der Waals surface area contributed by atoms with Gasteiger partial charge in [0.2, 0.25) is 11.6 Å². The number of nitrogens with zero attached hydrogens (tertiary/aromatic N) is 1. The van der Waals surface area contributed by atoms with E-state index in [4.69, 9.17) is 27.9 Å². The van der Waals surface area contributed by atoms with Crippen molar-refractivity contribution < 1.29 is 14.3 Å². The van der Waals surface area contributed by atoms with Crippen LogP contribution < -0.4 is 0 Å². The number of allylic oxidation sites excluding steroid dienone is 4. The molecule has 0 radical (unpaired) electrons. The quantitative estimate of drug-likeness (QED) is 0.732. The van der Waals surface area contributed by atoms with Crippen LogP contribution in [0.5, 0.6) is 0 Å². The molecule has 0 spiro atoms. The normalized spacial score (nSPS) is 16.7. The number of ketones is 2. The van der Waals surface area contributed by atoms with Gasteiger partial charge in [-0.2, -0.15) is 0 Å². The Morgan fingerprint density at radius 2 is 1.68 bits per heavy atom. The van der Waals surface area contributed by atoms with Crippen LogP contribution in [0.4, 0.5) is 0 Å². The molecule has 0 aliphatic heterocycles. The van der Waals surface area contributed by atoms with E-state index < -0.39 is 11.6 Å². The SMILES string of the molecule is CCN(C=CC1=C(Cl)C(=O)C(Cl)=C(OC)C1=O)CC. The molecule has 1 rings (SSSR count). The van der Waals surface area contributed by atoms with Gasteiger partial charge in [-0.25, -0.2) is 0 Å². The Balaban J connectivity index is 3.13. The second kappa shape index (κ2) is 6.78. The van der Waals surface area contributed by atoms with Gasteiger partial charge in [0.15, 0.2) is 5.76 Å². The predicted octanol–water partition coefficient (Wildman–Crippen LogP) is 2.58. The summed E-state index contributed by atoms with van der Waals surface area (Å²) < 4.78 is 4.86. The number of hydrogen-bond donors (Lipinski definition) is 0.